The highest BCUT2D eigenvalue weighted by Crippen LogP contribution is 2.29. The smallest absolute Gasteiger partial charge is 0.253 e. The van der Waals surface area contributed by atoms with Gasteiger partial charge in [0.25, 0.3) is 5.91 Å². The van der Waals surface area contributed by atoms with Crippen molar-refractivity contribution >= 4 is 11.8 Å². The zero-order valence-corrected chi connectivity index (χ0v) is 13.9. The van der Waals surface area contributed by atoms with Crippen LogP contribution in [0.2, 0.25) is 0 Å². The van der Waals surface area contributed by atoms with Crippen molar-refractivity contribution in [1.29, 1.82) is 0 Å². The van der Waals surface area contributed by atoms with Gasteiger partial charge < -0.3 is 19.7 Å². The van der Waals surface area contributed by atoms with Gasteiger partial charge in [0.05, 0.1) is 25.4 Å². The number of aromatic nitrogens is 1. The number of nitrogens with one attached hydrogen (secondary N) is 1. The lowest BCUT2D eigenvalue weighted by Gasteiger charge is -2.29. The summed E-state index contributed by atoms with van der Waals surface area (Å²) in [6.07, 6.45) is 3.91. The monoisotopic (exact) mass is 333 g/mol. The van der Waals surface area contributed by atoms with Gasteiger partial charge in [-0.2, -0.15) is 0 Å². The van der Waals surface area contributed by atoms with Gasteiger partial charge in [0.2, 0.25) is 11.8 Å². The van der Waals surface area contributed by atoms with E-state index in [4.69, 9.17) is 9.47 Å². The van der Waals surface area contributed by atoms with Crippen LogP contribution in [-0.2, 0) is 9.53 Å². The summed E-state index contributed by atoms with van der Waals surface area (Å²) in [6, 6.07) is 2.77. The highest BCUT2D eigenvalue weighted by Gasteiger charge is 2.24. The molecule has 1 aromatic rings. The van der Waals surface area contributed by atoms with Crippen LogP contribution >= 0.6 is 0 Å². The van der Waals surface area contributed by atoms with Gasteiger partial charge in [0.15, 0.2) is 0 Å². The Morgan fingerprint density at radius 3 is 2.75 bits per heavy atom. The Balaban J connectivity index is 1.50. The molecule has 0 unspecified atom stereocenters. The quantitative estimate of drug-likeness (QED) is 0.835. The number of morpholine rings is 1. The molecular formula is C17H23N3O4. The molecule has 1 aromatic heterocycles. The number of nitrogens with zero attached hydrogens (tertiary/aromatic N) is 2. The molecule has 0 aromatic carbocycles. The predicted molar refractivity (Wildman–Crippen MR) is 86.8 cm³/mol. The molecule has 2 amide bonds. The Labute approximate surface area is 141 Å². The van der Waals surface area contributed by atoms with Crippen LogP contribution in [0.1, 0.15) is 30.1 Å². The van der Waals surface area contributed by atoms with E-state index in [0.717, 1.165) is 0 Å². The van der Waals surface area contributed by atoms with Crippen LogP contribution in [0.25, 0.3) is 0 Å². The molecule has 130 valence electrons. The molecule has 2 heterocycles. The van der Waals surface area contributed by atoms with Gasteiger partial charge in [-0.3, -0.25) is 9.59 Å². The van der Waals surface area contributed by atoms with Gasteiger partial charge in [-0.05, 0) is 31.7 Å². The van der Waals surface area contributed by atoms with E-state index < -0.39 is 6.04 Å². The molecule has 2 aliphatic rings. The lowest BCUT2D eigenvalue weighted by Crippen LogP contribution is -2.50. The highest BCUT2D eigenvalue weighted by atomic mass is 16.5. The van der Waals surface area contributed by atoms with Crippen LogP contribution < -0.4 is 10.1 Å². The molecule has 3 rings (SSSR count). The van der Waals surface area contributed by atoms with Crippen LogP contribution in [0, 0.1) is 5.92 Å². The molecular weight excluding hydrogens is 310 g/mol. The molecule has 7 nitrogen and oxygen atoms in total. The molecule has 1 saturated carbocycles. The molecule has 1 aliphatic heterocycles. The van der Waals surface area contributed by atoms with E-state index in [9.17, 15) is 9.59 Å². The first kappa shape index (κ1) is 16.7. The first-order chi connectivity index (χ1) is 11.6. The first-order valence-corrected chi connectivity index (χ1v) is 8.40. The van der Waals surface area contributed by atoms with Gasteiger partial charge >= 0.3 is 0 Å². The van der Waals surface area contributed by atoms with E-state index >= 15 is 0 Å². The minimum atomic E-state index is -0.582. The van der Waals surface area contributed by atoms with Crippen LogP contribution in [0.4, 0.5) is 0 Å². The van der Waals surface area contributed by atoms with Crippen molar-refractivity contribution in [3.63, 3.8) is 0 Å². The van der Waals surface area contributed by atoms with Crippen molar-refractivity contribution in [2.24, 2.45) is 5.92 Å². The molecule has 0 bridgehead atoms. The summed E-state index contributed by atoms with van der Waals surface area (Å²) in [5.41, 5.74) is 0.412. The summed E-state index contributed by atoms with van der Waals surface area (Å²) in [7, 11) is 0. The largest absolute Gasteiger partial charge is 0.477 e. The molecule has 1 aliphatic carbocycles. The molecule has 1 saturated heterocycles. The maximum absolute atomic E-state index is 12.3. The second-order valence-electron chi connectivity index (χ2n) is 6.27. The molecule has 1 atom stereocenters. The predicted octanol–water partition coefficient (Wildman–Crippen LogP) is 0.848. The molecule has 2 fully saturated rings. The number of carbonyl (C=O) groups is 2. The normalized spacial score (nSPS) is 18.8. The van der Waals surface area contributed by atoms with Gasteiger partial charge in [-0.25, -0.2) is 4.98 Å². The molecule has 24 heavy (non-hydrogen) atoms. The second-order valence-corrected chi connectivity index (χ2v) is 6.27. The maximum atomic E-state index is 12.3. The van der Waals surface area contributed by atoms with E-state index in [1.165, 1.54) is 19.0 Å². The summed E-state index contributed by atoms with van der Waals surface area (Å²) < 4.78 is 10.8. The van der Waals surface area contributed by atoms with E-state index in [0.29, 0.717) is 50.3 Å². The van der Waals surface area contributed by atoms with Crippen molar-refractivity contribution in [2.45, 2.75) is 25.8 Å². The Morgan fingerprint density at radius 2 is 2.12 bits per heavy atom. The van der Waals surface area contributed by atoms with Gasteiger partial charge in [0, 0.05) is 25.4 Å². The number of pyridine rings is 1. The standard InChI is InChI=1S/C17H23N3O4/c1-12(17(22)20-6-8-23-9-7-20)19-16(21)14-4-5-15(18-10-14)24-11-13-2-3-13/h4-5,10,12-13H,2-3,6-9,11H2,1H3,(H,19,21)/t12-/m1/s1. The third-order valence-electron chi connectivity index (χ3n) is 4.20. The Hall–Kier alpha value is -2.15. The summed E-state index contributed by atoms with van der Waals surface area (Å²) in [5, 5.41) is 2.72. The highest BCUT2D eigenvalue weighted by molar-refractivity contribution is 5.97. The third kappa shape index (κ3) is 4.44. The molecule has 1 N–H and O–H groups in total. The zero-order chi connectivity index (χ0) is 16.9. The SMILES string of the molecule is C[C@@H](NC(=O)c1ccc(OCC2CC2)nc1)C(=O)N1CCOCC1. The number of rotatable bonds is 6. The summed E-state index contributed by atoms with van der Waals surface area (Å²) >= 11 is 0. The lowest BCUT2D eigenvalue weighted by atomic mass is 10.2. The van der Waals surface area contributed by atoms with Crippen molar-refractivity contribution in [1.82, 2.24) is 15.2 Å². The molecule has 7 heteroatoms. The Bertz CT molecular complexity index is 580. The maximum Gasteiger partial charge on any atom is 0.253 e. The van der Waals surface area contributed by atoms with Crippen LogP contribution in [0.3, 0.4) is 0 Å². The fourth-order valence-corrected chi connectivity index (χ4v) is 2.49. The lowest BCUT2D eigenvalue weighted by molar-refractivity contribution is -0.136. The number of carbonyl (C=O) groups excluding carboxylic acids is 2. The summed E-state index contributed by atoms with van der Waals surface area (Å²) in [5.74, 6) is 0.770. The van der Waals surface area contributed by atoms with Crippen LogP contribution in [0.5, 0.6) is 5.88 Å². The average molecular weight is 333 g/mol. The molecule has 0 radical (unpaired) electrons. The second kappa shape index (κ2) is 7.61. The molecule has 0 spiro atoms. The average Bonchev–Trinajstić information content (AvgIpc) is 3.45. The van der Waals surface area contributed by atoms with Crippen molar-refractivity contribution < 1.29 is 19.1 Å². The third-order valence-corrected chi connectivity index (χ3v) is 4.20. The van der Waals surface area contributed by atoms with Crippen molar-refractivity contribution in [3.8, 4) is 5.88 Å². The van der Waals surface area contributed by atoms with Crippen molar-refractivity contribution in [2.75, 3.05) is 32.9 Å². The van der Waals surface area contributed by atoms with Crippen LogP contribution in [0.15, 0.2) is 18.3 Å². The number of ether oxygens (including phenoxy) is 2. The first-order valence-electron chi connectivity index (χ1n) is 8.40. The summed E-state index contributed by atoms with van der Waals surface area (Å²) in [6.45, 7) is 4.58. The topological polar surface area (TPSA) is 80.8 Å². The zero-order valence-electron chi connectivity index (χ0n) is 13.9. The Morgan fingerprint density at radius 1 is 1.38 bits per heavy atom. The van der Waals surface area contributed by atoms with Gasteiger partial charge in [-0.15, -0.1) is 0 Å². The van der Waals surface area contributed by atoms with Crippen molar-refractivity contribution in [3.05, 3.63) is 23.9 Å². The Kier molecular flexibility index (Phi) is 5.30. The number of hydrogen-bond donors (Lipinski definition) is 1. The summed E-state index contributed by atoms with van der Waals surface area (Å²) in [4.78, 5) is 30.4. The van der Waals surface area contributed by atoms with E-state index in [2.05, 4.69) is 10.3 Å². The van der Waals surface area contributed by atoms with Gasteiger partial charge in [0.1, 0.15) is 6.04 Å². The van der Waals surface area contributed by atoms with Crippen LogP contribution in [-0.4, -0.2) is 60.7 Å². The minimum absolute atomic E-state index is 0.0935. The number of hydrogen-bond acceptors (Lipinski definition) is 5. The van der Waals surface area contributed by atoms with Gasteiger partial charge in [-0.1, -0.05) is 0 Å². The van der Waals surface area contributed by atoms with E-state index in [1.807, 2.05) is 0 Å². The van der Waals surface area contributed by atoms with E-state index in [1.54, 1.807) is 24.0 Å². The van der Waals surface area contributed by atoms with E-state index in [-0.39, 0.29) is 11.8 Å². The number of amides is 2. The fourth-order valence-electron chi connectivity index (χ4n) is 2.49. The fraction of sp³-hybridized carbons (Fsp3) is 0.588. The minimum Gasteiger partial charge on any atom is -0.477 e.